The van der Waals surface area contributed by atoms with Gasteiger partial charge >= 0.3 is 290 Å². The SMILES string of the molecule is c1ccc(N2c3cccc[c]3[Ga]3[c]4cc5[c](nc4Oc4cccc2[c]43)[Ga]2[c]3ccccc3Oc3cccc([c]32)N5c2ccccc2)cc1. The fourth-order valence-corrected chi connectivity index (χ4v) is 22.5. The molecule has 0 spiro atoms. The normalized spacial score (nSPS) is 14.0. The van der Waals surface area contributed by atoms with E-state index in [1.807, 2.05) is 0 Å². The summed E-state index contributed by atoms with van der Waals surface area (Å²) in [6.07, 6.45) is 0. The van der Waals surface area contributed by atoms with Crippen molar-refractivity contribution in [1.29, 1.82) is 0 Å². The molecule has 0 saturated carbocycles. The third kappa shape index (κ3) is 3.70. The first-order valence-electron chi connectivity index (χ1n) is 16.4. The zero-order valence-corrected chi connectivity index (χ0v) is 30.6. The number of hydrogen-bond acceptors (Lipinski definition) is 5. The van der Waals surface area contributed by atoms with Crippen LogP contribution in [0.2, 0.25) is 0 Å². The van der Waals surface area contributed by atoms with Crippen molar-refractivity contribution in [3.05, 3.63) is 152 Å². The monoisotopic (exact) mass is 729 g/mol. The number of nitrogens with zero attached hydrogens (tertiary/aromatic N) is 3. The summed E-state index contributed by atoms with van der Waals surface area (Å²) < 4.78 is 21.4. The van der Waals surface area contributed by atoms with Gasteiger partial charge in [0.2, 0.25) is 0 Å². The van der Waals surface area contributed by atoms with Gasteiger partial charge in [0.25, 0.3) is 0 Å². The Morgan fingerprint density at radius 1 is 0.417 bits per heavy atom. The van der Waals surface area contributed by atoms with Crippen LogP contribution < -0.4 is 44.1 Å². The van der Waals surface area contributed by atoms with Crippen LogP contribution in [0.1, 0.15) is 0 Å². The molecule has 5 nitrogen and oxygen atoms in total. The van der Waals surface area contributed by atoms with Crippen molar-refractivity contribution >= 4 is 91.4 Å². The molecule has 0 N–H and O–H groups in total. The Morgan fingerprint density at radius 2 is 0.958 bits per heavy atom. The molecule has 7 aromatic rings. The molecule has 11 rings (SSSR count). The molecule has 4 aliphatic rings. The summed E-state index contributed by atoms with van der Waals surface area (Å²) >= 11 is -5.44. The molecule has 4 aliphatic heterocycles. The average molecular weight is 731 g/mol. The van der Waals surface area contributed by atoms with Crippen LogP contribution in [0.25, 0.3) is 0 Å². The van der Waals surface area contributed by atoms with Crippen LogP contribution >= 0.6 is 0 Å². The van der Waals surface area contributed by atoms with Gasteiger partial charge in [-0.25, -0.2) is 0 Å². The summed E-state index contributed by atoms with van der Waals surface area (Å²) in [4.78, 5) is 10.5. The molecule has 0 radical (unpaired) electrons. The van der Waals surface area contributed by atoms with Crippen LogP contribution in [0, 0.1) is 0 Å². The van der Waals surface area contributed by atoms with Gasteiger partial charge in [0.05, 0.1) is 0 Å². The van der Waals surface area contributed by atoms with E-state index in [2.05, 4.69) is 161 Å². The summed E-state index contributed by atoms with van der Waals surface area (Å²) in [5.74, 6) is 3.65. The fraction of sp³-hybridized carbons (Fsp3) is 0. The molecule has 0 amide bonds. The molecule has 0 fully saturated rings. The van der Waals surface area contributed by atoms with Crippen LogP contribution in [-0.2, 0) is 0 Å². The number of pyridine rings is 1. The molecule has 0 atom stereocenters. The van der Waals surface area contributed by atoms with E-state index in [-0.39, 0.29) is 0 Å². The minimum absolute atomic E-state index is 0.787. The zero-order chi connectivity index (χ0) is 31.3. The van der Waals surface area contributed by atoms with Crippen molar-refractivity contribution in [2.45, 2.75) is 0 Å². The Kier molecular flexibility index (Phi) is 5.74. The average Bonchev–Trinajstić information content (AvgIpc) is 3.14. The first-order chi connectivity index (χ1) is 23.8. The van der Waals surface area contributed by atoms with E-state index in [1.54, 1.807) is 0 Å². The maximum atomic E-state index is 6.94. The van der Waals surface area contributed by atoms with E-state index in [1.165, 1.54) is 47.6 Å². The molecule has 222 valence electrons. The van der Waals surface area contributed by atoms with E-state index in [0.717, 1.165) is 34.5 Å². The number of hydrogen-bond donors (Lipinski definition) is 0. The molecule has 5 heterocycles. The molecule has 48 heavy (non-hydrogen) atoms. The van der Waals surface area contributed by atoms with Crippen molar-refractivity contribution < 1.29 is 9.47 Å². The molecule has 1 aromatic heterocycles. The van der Waals surface area contributed by atoms with E-state index >= 15 is 0 Å². The van der Waals surface area contributed by atoms with Crippen molar-refractivity contribution in [2.75, 3.05) is 9.80 Å². The Bertz CT molecular complexity index is 2450. The second-order valence-corrected chi connectivity index (χ2v) is 23.8. The van der Waals surface area contributed by atoms with Crippen LogP contribution in [0.4, 0.5) is 34.1 Å². The molecule has 0 saturated heterocycles. The minimum atomic E-state index is -2.72. The first-order valence-corrected chi connectivity index (χ1v) is 23.6. The predicted molar refractivity (Wildman–Crippen MR) is 196 cm³/mol. The molecule has 7 heteroatoms. The van der Waals surface area contributed by atoms with E-state index in [4.69, 9.17) is 14.5 Å². The van der Waals surface area contributed by atoms with Crippen LogP contribution in [-0.4, -0.2) is 37.4 Å². The van der Waals surface area contributed by atoms with Crippen LogP contribution in [0.15, 0.2) is 152 Å². The molecular weight excluding hydrogens is 706 g/mol. The molecule has 0 aliphatic carbocycles. The van der Waals surface area contributed by atoms with Crippen molar-refractivity contribution in [3.8, 4) is 23.1 Å². The van der Waals surface area contributed by atoms with Gasteiger partial charge < -0.3 is 0 Å². The number of aromatic nitrogens is 1. The van der Waals surface area contributed by atoms with Crippen LogP contribution in [0.3, 0.4) is 0 Å². The zero-order valence-electron chi connectivity index (χ0n) is 25.7. The van der Waals surface area contributed by atoms with E-state index < -0.39 is 32.4 Å². The van der Waals surface area contributed by atoms with Gasteiger partial charge in [-0.05, 0) is 0 Å². The topological polar surface area (TPSA) is 37.8 Å². The van der Waals surface area contributed by atoms with Gasteiger partial charge in [0.15, 0.2) is 0 Å². The van der Waals surface area contributed by atoms with E-state index in [0.29, 0.717) is 0 Å². The first kappa shape index (κ1) is 27.0. The molecule has 0 bridgehead atoms. The number of fused-ring (bicyclic) bond motifs is 8. The number of para-hydroxylation sites is 4. The number of benzene rings is 6. The number of anilines is 6. The summed E-state index contributed by atoms with van der Waals surface area (Å²) in [5, 5.41) is 0. The fourth-order valence-electron chi connectivity index (χ4n) is 8.27. The quantitative estimate of drug-likeness (QED) is 0.208. The molecular formula is C41H25Ga2N3O2. The van der Waals surface area contributed by atoms with Crippen molar-refractivity contribution in [3.63, 3.8) is 0 Å². The Labute approximate surface area is 288 Å². The summed E-state index contributed by atoms with van der Waals surface area (Å²) in [6, 6.07) is 54.6. The number of rotatable bonds is 2. The summed E-state index contributed by atoms with van der Waals surface area (Å²) in [5.41, 5.74) is 7.15. The molecule has 6 aromatic carbocycles. The van der Waals surface area contributed by atoms with Gasteiger partial charge in [0.1, 0.15) is 0 Å². The third-order valence-corrected chi connectivity index (χ3v) is 23.9. The number of ether oxygens (including phenoxy) is 2. The van der Waals surface area contributed by atoms with Gasteiger partial charge in [-0.3, -0.25) is 0 Å². The Balaban J connectivity index is 1.20. The second kappa shape index (κ2) is 10.2. The molecule has 0 unspecified atom stereocenters. The summed E-state index contributed by atoms with van der Waals surface area (Å²) in [6.45, 7) is 0. The van der Waals surface area contributed by atoms with Crippen LogP contribution in [0.5, 0.6) is 23.1 Å². The maximum absolute atomic E-state index is 6.94. The van der Waals surface area contributed by atoms with Gasteiger partial charge in [-0.2, -0.15) is 0 Å². The van der Waals surface area contributed by atoms with Crippen molar-refractivity contribution in [2.24, 2.45) is 0 Å². The third-order valence-electron chi connectivity index (χ3n) is 10.2. The second-order valence-electron chi connectivity index (χ2n) is 12.7. The Morgan fingerprint density at radius 3 is 1.69 bits per heavy atom. The predicted octanol–water partition coefficient (Wildman–Crippen LogP) is 5.89. The van der Waals surface area contributed by atoms with Crippen molar-refractivity contribution in [1.82, 2.24) is 4.98 Å². The Hall–Kier alpha value is -5.06. The van der Waals surface area contributed by atoms with Gasteiger partial charge in [0, 0.05) is 0 Å². The van der Waals surface area contributed by atoms with E-state index in [9.17, 15) is 0 Å². The standard InChI is InChI=1S/C41H25N3O2.2Ga/c1-5-15-32(16-6-1)43(33-17-7-2-8-18-33)35-21-14-26-40(30-35)46-41-28-27-37(31-42-41)44(34-19-9-3-10-20-34)36-22-13-25-39(29-36)45-38-23-11-4-12-24-38;;/h1-17,19-23,25-27H;;. The van der Waals surface area contributed by atoms with Gasteiger partial charge in [-0.1, -0.05) is 0 Å². The van der Waals surface area contributed by atoms with Gasteiger partial charge in [-0.15, -0.1) is 0 Å². The summed E-state index contributed by atoms with van der Waals surface area (Å²) in [7, 11) is 0.